The molecule has 3 rings (SSSR count). The number of fused-ring (bicyclic) bond motifs is 1. The molecule has 0 spiro atoms. The number of sulfone groups is 1. The summed E-state index contributed by atoms with van der Waals surface area (Å²) < 4.78 is 49.5. The predicted molar refractivity (Wildman–Crippen MR) is 75.9 cm³/mol. The quantitative estimate of drug-likeness (QED) is 0.831. The lowest BCUT2D eigenvalue weighted by Crippen LogP contribution is -2.32. The summed E-state index contributed by atoms with van der Waals surface area (Å²) in [6.45, 7) is 0.156. The van der Waals surface area contributed by atoms with Crippen molar-refractivity contribution in [2.45, 2.75) is 16.7 Å². The molecule has 3 heterocycles. The van der Waals surface area contributed by atoms with Crippen LogP contribution in [-0.4, -0.2) is 60.9 Å². The molecule has 0 bridgehead atoms. The molecule has 1 atom stereocenters. The summed E-state index contributed by atoms with van der Waals surface area (Å²) >= 11 is 0. The van der Waals surface area contributed by atoms with E-state index in [9.17, 15) is 16.8 Å². The Morgan fingerprint density at radius 3 is 2.76 bits per heavy atom. The lowest BCUT2D eigenvalue weighted by atomic mass is 10.4. The molecule has 1 aliphatic rings. The van der Waals surface area contributed by atoms with Gasteiger partial charge in [-0.3, -0.25) is 5.10 Å². The van der Waals surface area contributed by atoms with Gasteiger partial charge in [-0.1, -0.05) is 0 Å². The number of nitrogens with one attached hydrogen (secondary N) is 1. The Kier molecular flexibility index (Phi) is 3.26. The molecule has 1 N–H and O–H groups in total. The molecule has 0 aliphatic carbocycles. The third kappa shape index (κ3) is 2.43. The summed E-state index contributed by atoms with van der Waals surface area (Å²) in [5.41, 5.74) is 0.315. The van der Waals surface area contributed by atoms with E-state index in [2.05, 4.69) is 15.2 Å². The van der Waals surface area contributed by atoms with E-state index in [1.54, 1.807) is 12.1 Å². The molecule has 0 amide bonds. The van der Waals surface area contributed by atoms with Crippen LogP contribution in [0.25, 0.3) is 11.0 Å². The molecule has 2 aromatic rings. The van der Waals surface area contributed by atoms with E-state index in [4.69, 9.17) is 0 Å². The van der Waals surface area contributed by atoms with Crippen LogP contribution < -0.4 is 0 Å². The monoisotopic (exact) mass is 330 g/mol. The largest absolute Gasteiger partial charge is 0.263 e. The maximum atomic E-state index is 12.6. The van der Waals surface area contributed by atoms with Gasteiger partial charge in [0.25, 0.3) is 10.0 Å². The van der Waals surface area contributed by atoms with Gasteiger partial charge in [0.2, 0.25) is 0 Å². The van der Waals surface area contributed by atoms with E-state index in [1.165, 1.54) is 10.5 Å². The molecular formula is C11H14N4O4S2. The summed E-state index contributed by atoms with van der Waals surface area (Å²) in [5, 5.41) is 6.06. The van der Waals surface area contributed by atoms with Gasteiger partial charge >= 0.3 is 0 Å². The van der Waals surface area contributed by atoms with Crippen molar-refractivity contribution >= 4 is 30.9 Å². The highest BCUT2D eigenvalue weighted by molar-refractivity contribution is 7.91. The second kappa shape index (κ2) is 4.75. The van der Waals surface area contributed by atoms with Crippen molar-refractivity contribution in [3.05, 3.63) is 18.3 Å². The van der Waals surface area contributed by atoms with Crippen molar-refractivity contribution < 1.29 is 16.8 Å². The number of sulfonamides is 1. The van der Waals surface area contributed by atoms with Crippen molar-refractivity contribution in [2.24, 2.45) is 0 Å². The lowest BCUT2D eigenvalue weighted by molar-refractivity contribution is 0.474. The van der Waals surface area contributed by atoms with Crippen LogP contribution in [0.1, 0.15) is 6.42 Å². The highest BCUT2D eigenvalue weighted by atomic mass is 32.2. The van der Waals surface area contributed by atoms with Crippen molar-refractivity contribution in [3.63, 3.8) is 0 Å². The Balaban J connectivity index is 1.99. The SMILES string of the molecule is CS(=O)(=O)[C@@H]1CCN(S(=O)(=O)c2[nH]nc3ncccc23)C1. The molecule has 1 aliphatic heterocycles. The minimum Gasteiger partial charge on any atom is -0.263 e. The zero-order valence-corrected chi connectivity index (χ0v) is 12.9. The number of hydrogen-bond donors (Lipinski definition) is 1. The van der Waals surface area contributed by atoms with Gasteiger partial charge in [-0.2, -0.15) is 9.40 Å². The van der Waals surface area contributed by atoms with Gasteiger partial charge < -0.3 is 0 Å². The molecule has 1 saturated heterocycles. The fraction of sp³-hybridized carbons (Fsp3) is 0.455. The molecule has 0 aromatic carbocycles. The summed E-state index contributed by atoms with van der Waals surface area (Å²) in [5.74, 6) is 0. The number of H-pyrrole nitrogens is 1. The number of hydrogen-bond acceptors (Lipinski definition) is 6. The van der Waals surface area contributed by atoms with Crippen molar-refractivity contribution in [3.8, 4) is 0 Å². The van der Waals surface area contributed by atoms with Crippen LogP contribution >= 0.6 is 0 Å². The third-order valence-corrected chi connectivity index (χ3v) is 7.04. The average Bonchev–Trinajstić information content (AvgIpc) is 3.05. The van der Waals surface area contributed by atoms with Crippen LogP contribution in [0.3, 0.4) is 0 Å². The number of aromatic nitrogens is 3. The van der Waals surface area contributed by atoms with Gasteiger partial charge in [0.1, 0.15) is 0 Å². The molecule has 10 heteroatoms. The van der Waals surface area contributed by atoms with Crippen LogP contribution in [0.2, 0.25) is 0 Å². The van der Waals surface area contributed by atoms with Crippen molar-refractivity contribution in [1.29, 1.82) is 0 Å². The number of pyridine rings is 1. The van der Waals surface area contributed by atoms with E-state index in [1.807, 2.05) is 0 Å². The van der Waals surface area contributed by atoms with Crippen LogP contribution in [0.5, 0.6) is 0 Å². The van der Waals surface area contributed by atoms with Crippen LogP contribution in [-0.2, 0) is 19.9 Å². The normalized spacial score (nSPS) is 21.1. The van der Waals surface area contributed by atoms with Gasteiger partial charge in [-0.15, -0.1) is 0 Å². The second-order valence-electron chi connectivity index (χ2n) is 5.03. The topological polar surface area (TPSA) is 113 Å². The van der Waals surface area contributed by atoms with Gasteiger partial charge in [0.15, 0.2) is 20.5 Å². The first-order valence-electron chi connectivity index (χ1n) is 6.28. The number of aromatic amines is 1. The molecular weight excluding hydrogens is 316 g/mol. The summed E-state index contributed by atoms with van der Waals surface area (Å²) in [6.07, 6.45) is 2.96. The Morgan fingerprint density at radius 2 is 2.10 bits per heavy atom. The number of nitrogens with zero attached hydrogens (tertiary/aromatic N) is 3. The molecule has 0 unspecified atom stereocenters. The Morgan fingerprint density at radius 1 is 1.33 bits per heavy atom. The fourth-order valence-electron chi connectivity index (χ4n) is 2.42. The first kappa shape index (κ1) is 14.4. The highest BCUT2D eigenvalue weighted by Crippen LogP contribution is 2.26. The molecule has 8 nitrogen and oxygen atoms in total. The van der Waals surface area contributed by atoms with Gasteiger partial charge in [-0.25, -0.2) is 21.8 Å². The van der Waals surface area contributed by atoms with Crippen molar-refractivity contribution in [2.75, 3.05) is 19.3 Å². The summed E-state index contributed by atoms with van der Waals surface area (Å²) in [4.78, 5) is 3.97. The van der Waals surface area contributed by atoms with E-state index >= 15 is 0 Å². The Bertz CT molecular complexity index is 888. The predicted octanol–water partition coefficient (Wildman–Crippen LogP) is -0.234. The molecule has 0 radical (unpaired) electrons. The van der Waals surface area contributed by atoms with Gasteiger partial charge in [0, 0.05) is 25.5 Å². The first-order chi connectivity index (χ1) is 9.80. The smallest absolute Gasteiger partial charge is 0.260 e. The molecule has 0 saturated carbocycles. The molecule has 2 aromatic heterocycles. The first-order valence-corrected chi connectivity index (χ1v) is 9.68. The maximum absolute atomic E-state index is 12.6. The second-order valence-corrected chi connectivity index (χ2v) is 9.23. The maximum Gasteiger partial charge on any atom is 0.260 e. The van der Waals surface area contributed by atoms with Crippen LogP contribution in [0.15, 0.2) is 23.4 Å². The Hall–Kier alpha value is -1.52. The van der Waals surface area contributed by atoms with E-state index < -0.39 is 25.1 Å². The van der Waals surface area contributed by atoms with Crippen LogP contribution in [0, 0.1) is 0 Å². The van der Waals surface area contributed by atoms with E-state index in [0.717, 1.165) is 6.26 Å². The van der Waals surface area contributed by atoms with Crippen LogP contribution in [0.4, 0.5) is 0 Å². The van der Waals surface area contributed by atoms with Gasteiger partial charge in [0.05, 0.1) is 10.6 Å². The van der Waals surface area contributed by atoms with E-state index in [-0.39, 0.29) is 18.1 Å². The van der Waals surface area contributed by atoms with Gasteiger partial charge in [-0.05, 0) is 18.6 Å². The minimum absolute atomic E-state index is 0.0259. The highest BCUT2D eigenvalue weighted by Gasteiger charge is 2.38. The van der Waals surface area contributed by atoms with E-state index in [0.29, 0.717) is 17.5 Å². The third-order valence-electron chi connectivity index (χ3n) is 3.61. The fourth-order valence-corrected chi connectivity index (χ4v) is 5.08. The average molecular weight is 330 g/mol. The zero-order valence-electron chi connectivity index (χ0n) is 11.2. The van der Waals surface area contributed by atoms with Crippen molar-refractivity contribution in [1.82, 2.24) is 19.5 Å². The minimum atomic E-state index is -3.80. The lowest BCUT2D eigenvalue weighted by Gasteiger charge is -2.15. The zero-order chi connectivity index (χ0) is 15.3. The Labute approximate surface area is 122 Å². The number of rotatable bonds is 3. The summed E-state index contributed by atoms with van der Waals surface area (Å²) in [7, 11) is -7.06. The summed E-state index contributed by atoms with van der Waals surface area (Å²) in [6, 6.07) is 3.24. The molecule has 1 fully saturated rings. The molecule has 21 heavy (non-hydrogen) atoms. The molecule has 114 valence electrons. The standard InChI is InChI=1S/C11H14N4O4S2/c1-20(16,17)8-4-6-15(7-8)21(18,19)11-9-3-2-5-12-10(9)13-14-11/h2-3,5,8H,4,6-7H2,1H3,(H,12,13,14)/t8-/m1/s1.